The Morgan fingerprint density at radius 2 is 1.35 bits per heavy atom. The number of anilines is 4. The number of rotatable bonds is 11. The molecule has 10 nitrogen and oxygen atoms in total. The highest BCUT2D eigenvalue weighted by Gasteiger charge is 2.20. The number of carbonyl (C=O) groups excluding carboxylic acids is 2. The summed E-state index contributed by atoms with van der Waals surface area (Å²) in [4.78, 5) is 25.9. The third-order valence-electron chi connectivity index (χ3n) is 4.42. The summed E-state index contributed by atoms with van der Waals surface area (Å²) in [6.07, 6.45) is 0.592. The lowest BCUT2D eigenvalue weighted by Crippen LogP contribution is -2.23. The first-order valence-corrected chi connectivity index (χ1v) is 9.90. The van der Waals surface area contributed by atoms with E-state index in [0.717, 1.165) is 0 Å². The van der Waals surface area contributed by atoms with Gasteiger partial charge in [-0.05, 0) is 63.2 Å². The molecule has 0 aliphatic carbocycles. The van der Waals surface area contributed by atoms with Gasteiger partial charge in [-0.25, -0.2) is 9.59 Å². The van der Waals surface area contributed by atoms with Crippen molar-refractivity contribution in [2.75, 3.05) is 42.2 Å². The molecule has 0 saturated carbocycles. The Labute approximate surface area is 180 Å². The van der Waals surface area contributed by atoms with E-state index in [0.29, 0.717) is 30.9 Å². The number of benzene rings is 2. The maximum Gasteiger partial charge on any atom is 0.338 e. The average Bonchev–Trinajstić information content (AvgIpc) is 2.79. The maximum atomic E-state index is 12.0. The Bertz CT molecular complexity index is 836. The number of ether oxygens (including phenoxy) is 2. The van der Waals surface area contributed by atoms with Crippen molar-refractivity contribution >= 4 is 34.7 Å². The molecule has 2 aromatic carbocycles. The van der Waals surface area contributed by atoms with Crippen LogP contribution in [0, 0.1) is 0 Å². The molecule has 0 atom stereocenters. The van der Waals surface area contributed by atoms with Crippen LogP contribution in [0.15, 0.2) is 36.4 Å². The molecule has 31 heavy (non-hydrogen) atoms. The van der Waals surface area contributed by atoms with Crippen molar-refractivity contribution < 1.29 is 29.5 Å². The number of esters is 2. The summed E-state index contributed by atoms with van der Waals surface area (Å²) in [5.74, 6) is -1.04. The number of hydrogen-bond acceptors (Lipinski definition) is 10. The summed E-state index contributed by atoms with van der Waals surface area (Å²) >= 11 is 0. The maximum absolute atomic E-state index is 12.0. The minimum absolute atomic E-state index is 0.226. The third kappa shape index (κ3) is 5.85. The van der Waals surface area contributed by atoms with E-state index in [4.69, 9.17) is 15.2 Å². The summed E-state index contributed by atoms with van der Waals surface area (Å²) in [5.41, 5.74) is 12.0. The molecule has 10 heteroatoms. The molecule has 6 N–H and O–H groups in total. The number of nitrogens with two attached hydrogens (primary N) is 1. The van der Waals surface area contributed by atoms with E-state index < -0.39 is 11.9 Å². The summed E-state index contributed by atoms with van der Waals surface area (Å²) in [5, 5.41) is 19.4. The third-order valence-corrected chi connectivity index (χ3v) is 4.42. The van der Waals surface area contributed by atoms with Crippen LogP contribution >= 0.6 is 0 Å². The lowest BCUT2D eigenvalue weighted by molar-refractivity contribution is 0.0517. The van der Waals surface area contributed by atoms with Crippen LogP contribution in [0.25, 0.3) is 0 Å². The lowest BCUT2D eigenvalue weighted by Gasteiger charge is -2.29. The Hall–Kier alpha value is -3.34. The van der Waals surface area contributed by atoms with Crippen molar-refractivity contribution in [3.05, 3.63) is 47.5 Å². The second kappa shape index (κ2) is 11.7. The zero-order valence-corrected chi connectivity index (χ0v) is 17.6. The Kier molecular flexibility index (Phi) is 9.07. The number of nitrogens with zero attached hydrogens (tertiary/aromatic N) is 1. The monoisotopic (exact) mass is 432 g/mol. The van der Waals surface area contributed by atoms with Gasteiger partial charge in [0.2, 0.25) is 0 Å². The molecule has 0 radical (unpaired) electrons. The van der Waals surface area contributed by atoms with Crippen LogP contribution in [0.2, 0.25) is 0 Å². The average molecular weight is 432 g/mol. The Balaban J connectivity index is 2.53. The zero-order chi connectivity index (χ0) is 22.8. The molecule has 0 fully saturated rings. The number of nitrogens with one attached hydrogen (secondary N) is 2. The molecular formula is C21H28N4O6. The molecule has 0 heterocycles. The Morgan fingerprint density at radius 1 is 0.903 bits per heavy atom. The van der Waals surface area contributed by atoms with Gasteiger partial charge in [0, 0.05) is 6.54 Å². The van der Waals surface area contributed by atoms with Crippen LogP contribution in [-0.2, 0) is 9.47 Å². The van der Waals surface area contributed by atoms with Crippen LogP contribution in [-0.4, -0.2) is 48.7 Å². The van der Waals surface area contributed by atoms with Crippen LogP contribution in [0.3, 0.4) is 0 Å². The zero-order valence-electron chi connectivity index (χ0n) is 17.6. The highest BCUT2D eigenvalue weighted by atomic mass is 16.5. The van der Waals surface area contributed by atoms with E-state index in [2.05, 4.69) is 11.0 Å². The lowest BCUT2D eigenvalue weighted by atomic mass is 10.1. The minimum atomic E-state index is -0.518. The molecule has 2 rings (SSSR count). The number of hydrogen-bond donors (Lipinski definition) is 5. The van der Waals surface area contributed by atoms with Crippen molar-refractivity contribution in [3.63, 3.8) is 0 Å². The van der Waals surface area contributed by atoms with Crippen molar-refractivity contribution in [1.82, 2.24) is 0 Å². The molecular weight excluding hydrogens is 404 g/mol. The first kappa shape index (κ1) is 23.9. The molecule has 2 aromatic rings. The first-order valence-electron chi connectivity index (χ1n) is 9.90. The fraction of sp³-hybridized carbons (Fsp3) is 0.333. The van der Waals surface area contributed by atoms with Crippen LogP contribution in [0.4, 0.5) is 22.7 Å². The van der Waals surface area contributed by atoms with Gasteiger partial charge < -0.3 is 20.1 Å². The first-order chi connectivity index (χ1) is 15.0. The molecule has 0 aliphatic rings. The molecule has 0 aromatic heterocycles. The Morgan fingerprint density at radius 3 is 1.71 bits per heavy atom. The summed E-state index contributed by atoms with van der Waals surface area (Å²) in [6, 6.07) is 9.35. The predicted molar refractivity (Wildman–Crippen MR) is 116 cm³/mol. The van der Waals surface area contributed by atoms with Gasteiger partial charge in [-0.3, -0.25) is 21.4 Å². The van der Waals surface area contributed by atoms with Crippen molar-refractivity contribution in [2.45, 2.75) is 20.3 Å². The fourth-order valence-electron chi connectivity index (χ4n) is 3.02. The highest BCUT2D eigenvalue weighted by molar-refractivity contribution is 5.95. The van der Waals surface area contributed by atoms with Gasteiger partial charge in [0.15, 0.2) is 0 Å². The van der Waals surface area contributed by atoms with Gasteiger partial charge in [0.25, 0.3) is 0 Å². The van der Waals surface area contributed by atoms with Crippen LogP contribution < -0.4 is 21.6 Å². The molecule has 0 saturated heterocycles. The highest BCUT2D eigenvalue weighted by Crippen LogP contribution is 2.37. The van der Waals surface area contributed by atoms with Gasteiger partial charge in [-0.2, -0.15) is 0 Å². The summed E-state index contributed by atoms with van der Waals surface area (Å²) in [7, 11) is 0. The second-order valence-electron chi connectivity index (χ2n) is 6.42. The predicted octanol–water partition coefficient (Wildman–Crippen LogP) is 3.13. The van der Waals surface area contributed by atoms with E-state index >= 15 is 0 Å². The normalized spacial score (nSPS) is 10.4. The molecule has 0 aliphatic heterocycles. The minimum Gasteiger partial charge on any atom is -0.462 e. The van der Waals surface area contributed by atoms with E-state index in [1.165, 1.54) is 12.1 Å². The van der Waals surface area contributed by atoms with Crippen molar-refractivity contribution in [1.29, 1.82) is 0 Å². The SMILES string of the molecule is CCOC(=O)c1ccc(N(CCCN)c2ccc(C(=O)OCC)cc2NO)c(NO)c1. The summed E-state index contributed by atoms with van der Waals surface area (Å²) in [6.45, 7) is 4.69. The van der Waals surface area contributed by atoms with Crippen molar-refractivity contribution in [2.24, 2.45) is 5.73 Å². The fourth-order valence-corrected chi connectivity index (χ4v) is 3.02. The second-order valence-corrected chi connectivity index (χ2v) is 6.42. The molecule has 0 bridgehead atoms. The molecule has 168 valence electrons. The van der Waals surface area contributed by atoms with Gasteiger partial charge in [0.05, 0.1) is 47.1 Å². The van der Waals surface area contributed by atoms with E-state index in [1.54, 1.807) is 43.0 Å². The number of carbonyl (C=O) groups is 2. The standard InChI is InChI=1S/C21H28N4O6/c1-3-30-20(26)14-6-8-18(16(12-14)23-28)25(11-5-10-22)19-9-7-15(13-17(19)24-29)21(27)31-4-2/h6-9,12-13,23-24,28-29H,3-5,10-11,22H2,1-2H3. The van der Waals surface area contributed by atoms with Crippen LogP contribution in [0.1, 0.15) is 41.0 Å². The smallest absolute Gasteiger partial charge is 0.338 e. The summed E-state index contributed by atoms with van der Waals surface area (Å²) < 4.78 is 10.0. The quantitative estimate of drug-likeness (QED) is 0.265. The molecule has 0 unspecified atom stereocenters. The van der Waals surface area contributed by atoms with Gasteiger partial charge >= 0.3 is 11.9 Å². The van der Waals surface area contributed by atoms with Gasteiger partial charge in [0.1, 0.15) is 0 Å². The molecule has 0 amide bonds. The van der Waals surface area contributed by atoms with E-state index in [9.17, 15) is 20.0 Å². The van der Waals surface area contributed by atoms with Crippen molar-refractivity contribution in [3.8, 4) is 0 Å². The van der Waals surface area contributed by atoms with Crippen LogP contribution in [0.5, 0.6) is 0 Å². The van der Waals surface area contributed by atoms with Gasteiger partial charge in [-0.15, -0.1) is 0 Å². The van der Waals surface area contributed by atoms with Gasteiger partial charge in [-0.1, -0.05) is 0 Å². The molecule has 0 spiro atoms. The topological polar surface area (TPSA) is 146 Å². The largest absolute Gasteiger partial charge is 0.462 e. The van der Waals surface area contributed by atoms with E-state index in [-0.39, 0.29) is 35.7 Å². The van der Waals surface area contributed by atoms with E-state index in [1.807, 2.05) is 0 Å².